The van der Waals surface area contributed by atoms with E-state index in [0.717, 1.165) is 4.70 Å². The Hall–Kier alpha value is -1.00. The SMILES string of the molecule is CC(C)(N)CC(F)(F)c1csc2ccccc12. The van der Waals surface area contributed by atoms with E-state index in [4.69, 9.17) is 5.73 Å². The second-order valence-electron chi connectivity index (χ2n) is 5.02. The van der Waals surface area contributed by atoms with Crippen LogP contribution in [0.5, 0.6) is 0 Å². The van der Waals surface area contributed by atoms with E-state index in [1.165, 1.54) is 16.7 Å². The lowest BCUT2D eigenvalue weighted by atomic mass is 9.93. The van der Waals surface area contributed by atoms with Crippen LogP contribution in [0, 0.1) is 0 Å². The molecule has 0 bridgehead atoms. The van der Waals surface area contributed by atoms with Crippen LogP contribution in [-0.2, 0) is 5.92 Å². The second kappa shape index (κ2) is 4.03. The lowest BCUT2D eigenvalue weighted by Crippen LogP contribution is -2.37. The fourth-order valence-corrected chi connectivity index (χ4v) is 2.93. The van der Waals surface area contributed by atoms with Gasteiger partial charge in [0.2, 0.25) is 0 Å². The van der Waals surface area contributed by atoms with Crippen LogP contribution in [0.2, 0.25) is 0 Å². The zero-order valence-corrected chi connectivity index (χ0v) is 10.7. The van der Waals surface area contributed by atoms with Crippen LogP contribution in [0.15, 0.2) is 29.6 Å². The molecule has 2 aromatic rings. The summed E-state index contributed by atoms with van der Waals surface area (Å²) in [5.74, 6) is -2.88. The Balaban J connectivity index is 2.45. The molecule has 1 nitrogen and oxygen atoms in total. The maximum absolute atomic E-state index is 14.1. The fraction of sp³-hybridized carbons (Fsp3) is 0.385. The van der Waals surface area contributed by atoms with Gasteiger partial charge in [0.15, 0.2) is 0 Å². The maximum Gasteiger partial charge on any atom is 0.276 e. The molecule has 0 amide bonds. The molecule has 0 spiro atoms. The molecule has 0 aliphatic carbocycles. The van der Waals surface area contributed by atoms with Crippen LogP contribution in [0.1, 0.15) is 25.8 Å². The van der Waals surface area contributed by atoms with E-state index in [1.54, 1.807) is 26.0 Å². The van der Waals surface area contributed by atoms with E-state index in [0.29, 0.717) is 5.39 Å². The molecule has 17 heavy (non-hydrogen) atoms. The topological polar surface area (TPSA) is 26.0 Å². The Kier molecular flexibility index (Phi) is 2.96. The summed E-state index contributed by atoms with van der Waals surface area (Å²) in [7, 11) is 0. The number of fused-ring (bicyclic) bond motifs is 1. The molecule has 2 N–H and O–H groups in total. The van der Waals surface area contributed by atoms with Crippen molar-refractivity contribution in [2.24, 2.45) is 5.73 Å². The minimum absolute atomic E-state index is 0.0941. The molecule has 1 heterocycles. The van der Waals surface area contributed by atoms with Gasteiger partial charge >= 0.3 is 0 Å². The molecule has 0 fully saturated rings. The maximum atomic E-state index is 14.1. The van der Waals surface area contributed by atoms with Crippen molar-refractivity contribution in [3.8, 4) is 0 Å². The average Bonchev–Trinajstić information content (AvgIpc) is 2.57. The van der Waals surface area contributed by atoms with Gasteiger partial charge in [-0.2, -0.15) is 0 Å². The summed E-state index contributed by atoms with van der Waals surface area (Å²) >= 11 is 1.35. The van der Waals surface area contributed by atoms with Gasteiger partial charge in [-0.25, -0.2) is 8.78 Å². The largest absolute Gasteiger partial charge is 0.325 e. The first-order valence-electron chi connectivity index (χ1n) is 5.43. The zero-order chi connectivity index (χ0) is 12.7. The van der Waals surface area contributed by atoms with E-state index < -0.39 is 11.5 Å². The Bertz CT molecular complexity index is 525. The lowest BCUT2D eigenvalue weighted by Gasteiger charge is -2.25. The molecule has 4 heteroatoms. The van der Waals surface area contributed by atoms with Crippen molar-refractivity contribution in [3.05, 3.63) is 35.2 Å². The second-order valence-corrected chi connectivity index (χ2v) is 5.93. The van der Waals surface area contributed by atoms with Crippen molar-refractivity contribution in [3.63, 3.8) is 0 Å². The Labute approximate surface area is 103 Å². The van der Waals surface area contributed by atoms with Crippen molar-refractivity contribution < 1.29 is 8.78 Å². The Morgan fingerprint density at radius 2 is 1.88 bits per heavy atom. The summed E-state index contributed by atoms with van der Waals surface area (Å²) in [6, 6.07) is 7.22. The van der Waals surface area contributed by atoms with E-state index in [9.17, 15) is 8.78 Å². The molecular weight excluding hydrogens is 240 g/mol. The zero-order valence-electron chi connectivity index (χ0n) is 9.84. The van der Waals surface area contributed by atoms with Gasteiger partial charge in [0.25, 0.3) is 5.92 Å². The van der Waals surface area contributed by atoms with Gasteiger partial charge in [0, 0.05) is 33.0 Å². The van der Waals surface area contributed by atoms with Gasteiger partial charge in [-0.05, 0) is 19.9 Å². The highest BCUT2D eigenvalue weighted by atomic mass is 32.1. The predicted octanol–water partition coefficient (Wildman–Crippen LogP) is 4.12. The predicted molar refractivity (Wildman–Crippen MR) is 68.6 cm³/mol. The average molecular weight is 255 g/mol. The van der Waals surface area contributed by atoms with Crippen LogP contribution in [-0.4, -0.2) is 5.54 Å². The molecule has 0 aliphatic rings. The van der Waals surface area contributed by atoms with Crippen LogP contribution >= 0.6 is 11.3 Å². The van der Waals surface area contributed by atoms with Crippen molar-refractivity contribution in [2.75, 3.05) is 0 Å². The summed E-state index contributed by atoms with van der Waals surface area (Å²) in [6.45, 7) is 3.24. The van der Waals surface area contributed by atoms with Crippen molar-refractivity contribution in [2.45, 2.75) is 31.7 Å². The number of benzene rings is 1. The van der Waals surface area contributed by atoms with Gasteiger partial charge in [-0.15, -0.1) is 11.3 Å². The summed E-state index contributed by atoms with van der Waals surface area (Å²) in [5.41, 5.74) is 4.91. The van der Waals surface area contributed by atoms with E-state index in [2.05, 4.69) is 0 Å². The third kappa shape index (κ3) is 2.64. The number of halogens is 2. The fourth-order valence-electron chi connectivity index (χ4n) is 1.93. The van der Waals surface area contributed by atoms with E-state index in [-0.39, 0.29) is 12.0 Å². The van der Waals surface area contributed by atoms with Crippen molar-refractivity contribution >= 4 is 21.4 Å². The first-order valence-corrected chi connectivity index (χ1v) is 6.31. The Morgan fingerprint density at radius 3 is 2.53 bits per heavy atom. The molecule has 0 radical (unpaired) electrons. The smallest absolute Gasteiger partial charge is 0.276 e. The van der Waals surface area contributed by atoms with E-state index in [1.807, 2.05) is 12.1 Å². The van der Waals surface area contributed by atoms with Crippen molar-refractivity contribution in [1.82, 2.24) is 0 Å². The highest BCUT2D eigenvalue weighted by molar-refractivity contribution is 7.17. The number of hydrogen-bond acceptors (Lipinski definition) is 2. The molecule has 2 rings (SSSR count). The summed E-state index contributed by atoms with van der Waals surface area (Å²) in [6.07, 6.45) is -0.347. The minimum atomic E-state index is -2.88. The first kappa shape index (κ1) is 12.5. The highest BCUT2D eigenvalue weighted by Gasteiger charge is 2.38. The Morgan fingerprint density at radius 1 is 1.24 bits per heavy atom. The molecular formula is C13H15F2NS. The number of rotatable bonds is 3. The van der Waals surface area contributed by atoms with Crippen LogP contribution in [0.25, 0.3) is 10.1 Å². The first-order chi connectivity index (χ1) is 7.80. The third-order valence-electron chi connectivity index (χ3n) is 2.55. The minimum Gasteiger partial charge on any atom is -0.325 e. The van der Waals surface area contributed by atoms with E-state index >= 15 is 0 Å². The van der Waals surface area contributed by atoms with Crippen LogP contribution < -0.4 is 5.73 Å². The monoisotopic (exact) mass is 255 g/mol. The number of nitrogens with two attached hydrogens (primary N) is 1. The molecule has 0 aliphatic heterocycles. The molecule has 0 saturated carbocycles. The normalized spacial score (nSPS) is 13.2. The molecule has 0 unspecified atom stereocenters. The number of thiophene rings is 1. The van der Waals surface area contributed by atoms with Crippen LogP contribution in [0.3, 0.4) is 0 Å². The standard InChI is InChI=1S/C13H15F2NS/c1-12(2,16)8-13(14,15)10-7-17-11-6-4-3-5-9(10)11/h3-7H,8,16H2,1-2H3. The van der Waals surface area contributed by atoms with Gasteiger partial charge < -0.3 is 5.73 Å². The summed E-state index contributed by atoms with van der Waals surface area (Å²) in [5, 5.41) is 2.17. The molecule has 1 aromatic heterocycles. The van der Waals surface area contributed by atoms with Gasteiger partial charge in [-0.1, -0.05) is 18.2 Å². The van der Waals surface area contributed by atoms with Crippen molar-refractivity contribution in [1.29, 1.82) is 0 Å². The molecule has 92 valence electrons. The number of alkyl halides is 2. The van der Waals surface area contributed by atoms with Gasteiger partial charge in [0.1, 0.15) is 0 Å². The molecule has 0 saturated heterocycles. The summed E-state index contributed by atoms with van der Waals surface area (Å²) in [4.78, 5) is 0. The summed E-state index contributed by atoms with van der Waals surface area (Å²) < 4.78 is 29.2. The quantitative estimate of drug-likeness (QED) is 0.877. The third-order valence-corrected chi connectivity index (χ3v) is 3.52. The van der Waals surface area contributed by atoms with Gasteiger partial charge in [-0.3, -0.25) is 0 Å². The molecule has 1 aromatic carbocycles. The van der Waals surface area contributed by atoms with Gasteiger partial charge in [0.05, 0.1) is 0 Å². The lowest BCUT2D eigenvalue weighted by molar-refractivity contribution is -0.0277. The molecule has 0 atom stereocenters. The highest BCUT2D eigenvalue weighted by Crippen LogP contribution is 2.41. The number of hydrogen-bond donors (Lipinski definition) is 1. The van der Waals surface area contributed by atoms with Crippen LogP contribution in [0.4, 0.5) is 8.78 Å².